The van der Waals surface area contributed by atoms with Crippen molar-refractivity contribution in [3.8, 4) is 0 Å². The van der Waals surface area contributed by atoms with Crippen LogP contribution in [0, 0.1) is 6.92 Å². The highest BCUT2D eigenvalue weighted by Crippen LogP contribution is 2.13. The highest BCUT2D eigenvalue weighted by atomic mass is 16.3. The Morgan fingerprint density at radius 3 is 2.46 bits per heavy atom. The molecular weight excluding hydrogens is 160 g/mol. The van der Waals surface area contributed by atoms with Gasteiger partial charge in [-0.2, -0.15) is 0 Å². The summed E-state index contributed by atoms with van der Waals surface area (Å²) in [6.07, 6.45) is 2.58. The van der Waals surface area contributed by atoms with Crippen LogP contribution in [0.25, 0.3) is 0 Å². The summed E-state index contributed by atoms with van der Waals surface area (Å²) in [4.78, 5) is 0. The molecule has 0 amide bonds. The van der Waals surface area contributed by atoms with Crippen LogP contribution >= 0.6 is 0 Å². The third-order valence-electron chi connectivity index (χ3n) is 2.08. The molecule has 0 aliphatic rings. The van der Waals surface area contributed by atoms with Crippen molar-refractivity contribution in [1.29, 1.82) is 0 Å². The van der Waals surface area contributed by atoms with Crippen molar-refractivity contribution in [3.63, 3.8) is 0 Å². The smallest absolute Gasteiger partial charge is 0.107 e. The Hall–Kier alpha value is -1.50. The van der Waals surface area contributed by atoms with Crippen LogP contribution in [0.4, 0.5) is 0 Å². The van der Waals surface area contributed by atoms with Crippen LogP contribution in [0.2, 0.25) is 0 Å². The van der Waals surface area contributed by atoms with Gasteiger partial charge in [0.25, 0.3) is 0 Å². The molecular formula is C12H11O. The minimum atomic E-state index is 0.767. The molecule has 65 valence electrons. The first kappa shape index (κ1) is 8.11. The number of hydrogen-bond acceptors (Lipinski definition) is 1. The first-order valence-electron chi connectivity index (χ1n) is 4.28. The molecule has 1 nitrogen and oxygen atoms in total. The normalized spacial score (nSPS) is 10.2. The van der Waals surface area contributed by atoms with Gasteiger partial charge >= 0.3 is 0 Å². The summed E-state index contributed by atoms with van der Waals surface area (Å²) in [5, 5.41) is 0. The zero-order valence-electron chi connectivity index (χ0n) is 7.36. The van der Waals surface area contributed by atoms with E-state index in [4.69, 9.17) is 4.42 Å². The van der Waals surface area contributed by atoms with E-state index >= 15 is 0 Å². The molecule has 0 spiro atoms. The molecule has 0 atom stereocenters. The summed E-state index contributed by atoms with van der Waals surface area (Å²) in [5.41, 5.74) is 2.44. The summed E-state index contributed by atoms with van der Waals surface area (Å²) in [5.74, 6) is 0.767. The second-order valence-electron chi connectivity index (χ2n) is 3.03. The van der Waals surface area contributed by atoms with Gasteiger partial charge in [0.2, 0.25) is 0 Å². The minimum Gasteiger partial charge on any atom is -0.469 e. The number of rotatable bonds is 2. The molecule has 1 heterocycles. The summed E-state index contributed by atoms with van der Waals surface area (Å²) in [7, 11) is 0. The predicted octanol–water partition coefficient (Wildman–Crippen LogP) is 3.05. The summed E-state index contributed by atoms with van der Waals surface area (Å²) >= 11 is 0. The van der Waals surface area contributed by atoms with Gasteiger partial charge in [-0.1, -0.05) is 30.3 Å². The SMILES string of the molecule is [CH2]c1occc1Cc1ccccc1. The summed E-state index contributed by atoms with van der Waals surface area (Å²) < 4.78 is 5.13. The Labute approximate surface area is 78.0 Å². The molecule has 2 rings (SSSR count). The molecule has 0 saturated heterocycles. The first-order valence-corrected chi connectivity index (χ1v) is 4.28. The first-order chi connectivity index (χ1) is 6.36. The lowest BCUT2D eigenvalue weighted by atomic mass is 10.1. The molecule has 1 radical (unpaired) electrons. The molecule has 0 aliphatic carbocycles. The van der Waals surface area contributed by atoms with Crippen LogP contribution in [-0.2, 0) is 6.42 Å². The Balaban J connectivity index is 2.20. The Morgan fingerprint density at radius 2 is 1.85 bits per heavy atom. The van der Waals surface area contributed by atoms with Crippen LogP contribution in [-0.4, -0.2) is 0 Å². The average molecular weight is 171 g/mol. The van der Waals surface area contributed by atoms with Crippen molar-refractivity contribution in [2.45, 2.75) is 6.42 Å². The van der Waals surface area contributed by atoms with Gasteiger partial charge in [-0.25, -0.2) is 0 Å². The molecule has 0 aliphatic heterocycles. The maximum atomic E-state index is 5.13. The highest BCUT2D eigenvalue weighted by Gasteiger charge is 2.01. The van der Waals surface area contributed by atoms with Gasteiger partial charge in [-0.3, -0.25) is 0 Å². The minimum absolute atomic E-state index is 0.767. The Bertz CT molecular complexity index is 373. The molecule has 0 saturated carbocycles. The van der Waals surface area contributed by atoms with Crippen LogP contribution in [0.1, 0.15) is 16.9 Å². The fraction of sp³-hybridized carbons (Fsp3) is 0.0833. The van der Waals surface area contributed by atoms with Gasteiger partial charge in [0, 0.05) is 13.3 Å². The third kappa shape index (κ3) is 1.81. The summed E-state index contributed by atoms with van der Waals surface area (Å²) in [6, 6.07) is 12.3. The largest absolute Gasteiger partial charge is 0.469 e. The van der Waals surface area contributed by atoms with Crippen LogP contribution in [0.3, 0.4) is 0 Å². The lowest BCUT2D eigenvalue weighted by molar-refractivity contribution is 0.545. The van der Waals surface area contributed by atoms with E-state index in [0.29, 0.717) is 0 Å². The topological polar surface area (TPSA) is 13.1 Å². The van der Waals surface area contributed by atoms with Gasteiger partial charge < -0.3 is 4.42 Å². The fourth-order valence-electron chi connectivity index (χ4n) is 1.34. The lowest BCUT2D eigenvalue weighted by Gasteiger charge is -1.98. The van der Waals surface area contributed by atoms with Gasteiger partial charge in [0.1, 0.15) is 5.76 Å². The van der Waals surface area contributed by atoms with Crippen molar-refractivity contribution in [2.75, 3.05) is 0 Å². The van der Waals surface area contributed by atoms with Crippen molar-refractivity contribution in [1.82, 2.24) is 0 Å². The third-order valence-corrected chi connectivity index (χ3v) is 2.08. The zero-order valence-corrected chi connectivity index (χ0v) is 7.36. The van der Waals surface area contributed by atoms with E-state index in [1.165, 1.54) is 5.56 Å². The van der Waals surface area contributed by atoms with Crippen molar-refractivity contribution in [3.05, 3.63) is 66.5 Å². The van der Waals surface area contributed by atoms with Gasteiger partial charge in [-0.05, 0) is 17.2 Å². The molecule has 13 heavy (non-hydrogen) atoms. The second-order valence-corrected chi connectivity index (χ2v) is 3.03. The predicted molar refractivity (Wildman–Crippen MR) is 52.4 cm³/mol. The fourth-order valence-corrected chi connectivity index (χ4v) is 1.34. The van der Waals surface area contributed by atoms with Crippen molar-refractivity contribution in [2.24, 2.45) is 0 Å². The van der Waals surface area contributed by atoms with E-state index in [1.54, 1.807) is 6.26 Å². The number of benzene rings is 1. The van der Waals surface area contributed by atoms with E-state index in [2.05, 4.69) is 19.1 Å². The quantitative estimate of drug-likeness (QED) is 0.676. The van der Waals surface area contributed by atoms with E-state index in [9.17, 15) is 0 Å². The van der Waals surface area contributed by atoms with Gasteiger partial charge in [0.05, 0.1) is 6.26 Å². The maximum Gasteiger partial charge on any atom is 0.107 e. The van der Waals surface area contributed by atoms with E-state index in [0.717, 1.165) is 17.7 Å². The lowest BCUT2D eigenvalue weighted by Crippen LogP contribution is -1.86. The average Bonchev–Trinajstić information content (AvgIpc) is 2.54. The molecule has 2 aromatic rings. The van der Waals surface area contributed by atoms with Crippen LogP contribution in [0.15, 0.2) is 47.1 Å². The van der Waals surface area contributed by atoms with Gasteiger partial charge in [-0.15, -0.1) is 0 Å². The highest BCUT2D eigenvalue weighted by molar-refractivity contribution is 5.28. The van der Waals surface area contributed by atoms with Crippen LogP contribution < -0.4 is 0 Å². The standard InChI is InChI=1S/C12H11O/c1-10-12(7-8-13-10)9-11-5-3-2-4-6-11/h2-8H,1,9H2. The van der Waals surface area contributed by atoms with E-state index < -0.39 is 0 Å². The van der Waals surface area contributed by atoms with E-state index in [-0.39, 0.29) is 0 Å². The summed E-state index contributed by atoms with van der Waals surface area (Å²) in [6.45, 7) is 3.81. The maximum absolute atomic E-state index is 5.13. The van der Waals surface area contributed by atoms with E-state index in [1.807, 2.05) is 24.3 Å². The second kappa shape index (κ2) is 3.48. The zero-order chi connectivity index (χ0) is 9.10. The van der Waals surface area contributed by atoms with Crippen LogP contribution in [0.5, 0.6) is 0 Å². The number of furan rings is 1. The number of hydrogen-bond donors (Lipinski definition) is 0. The Kier molecular flexibility index (Phi) is 2.17. The molecule has 1 heteroatoms. The molecule has 1 aromatic carbocycles. The van der Waals surface area contributed by atoms with Crippen molar-refractivity contribution < 1.29 is 4.42 Å². The molecule has 0 N–H and O–H groups in total. The molecule has 0 bridgehead atoms. The van der Waals surface area contributed by atoms with Gasteiger partial charge in [0.15, 0.2) is 0 Å². The molecule has 0 fully saturated rings. The van der Waals surface area contributed by atoms with Crippen molar-refractivity contribution >= 4 is 0 Å². The molecule has 1 aromatic heterocycles. The monoisotopic (exact) mass is 171 g/mol. The Morgan fingerprint density at radius 1 is 1.08 bits per heavy atom. The molecule has 0 unspecified atom stereocenters.